The Balaban J connectivity index is 1.36. The molecule has 0 radical (unpaired) electrons. The van der Waals surface area contributed by atoms with E-state index in [2.05, 4.69) is 22.1 Å². The summed E-state index contributed by atoms with van der Waals surface area (Å²) in [5.41, 5.74) is 3.42. The molecule has 0 aliphatic carbocycles. The monoisotopic (exact) mass is 368 g/mol. The molecule has 2 aliphatic rings. The van der Waals surface area contributed by atoms with E-state index in [1.54, 1.807) is 6.92 Å². The molecular weight excluding hydrogens is 344 g/mol. The predicted molar refractivity (Wildman–Crippen MR) is 101 cm³/mol. The number of piperidine rings is 1. The van der Waals surface area contributed by atoms with Crippen molar-refractivity contribution < 1.29 is 14.7 Å². The third-order valence-corrected chi connectivity index (χ3v) is 5.75. The third kappa shape index (κ3) is 3.29. The fourth-order valence-electron chi connectivity index (χ4n) is 4.20. The maximum absolute atomic E-state index is 12.8. The Labute approximate surface area is 158 Å². The second-order valence-corrected chi connectivity index (χ2v) is 7.31. The van der Waals surface area contributed by atoms with Gasteiger partial charge in [0.05, 0.1) is 24.5 Å². The van der Waals surface area contributed by atoms with Crippen LogP contribution in [0.3, 0.4) is 0 Å². The summed E-state index contributed by atoms with van der Waals surface area (Å²) in [6.45, 7) is 4.47. The molecule has 27 heavy (non-hydrogen) atoms. The minimum absolute atomic E-state index is 0.148. The standard InChI is InChI=1S/C20H24N4O3/c1-14-17(20(26)27)12-21-24(14)16-7-10-22(11-8-16)19(25)13-23-9-6-15-4-2-3-5-18(15)23/h2-5,12,16H,6-11,13H2,1H3,(H,26,27). The van der Waals surface area contributed by atoms with Crippen LogP contribution in [0.15, 0.2) is 30.5 Å². The number of likely N-dealkylation sites (tertiary alicyclic amines) is 1. The number of benzene rings is 1. The van der Waals surface area contributed by atoms with Crippen LogP contribution < -0.4 is 4.90 Å². The highest BCUT2D eigenvalue weighted by Crippen LogP contribution is 2.28. The van der Waals surface area contributed by atoms with Crippen LogP contribution in [0.1, 0.15) is 40.5 Å². The van der Waals surface area contributed by atoms with Crippen LogP contribution in [0.2, 0.25) is 0 Å². The Morgan fingerprint density at radius 1 is 1.19 bits per heavy atom. The van der Waals surface area contributed by atoms with Crippen molar-refractivity contribution in [1.29, 1.82) is 0 Å². The predicted octanol–water partition coefficient (Wildman–Crippen LogP) is 2.12. The first kappa shape index (κ1) is 17.6. The van der Waals surface area contributed by atoms with E-state index in [4.69, 9.17) is 0 Å². The van der Waals surface area contributed by atoms with E-state index < -0.39 is 5.97 Å². The van der Waals surface area contributed by atoms with Gasteiger partial charge in [0.1, 0.15) is 5.56 Å². The Kier molecular flexibility index (Phi) is 4.59. The number of fused-ring (bicyclic) bond motifs is 1. The van der Waals surface area contributed by atoms with E-state index in [1.807, 2.05) is 21.7 Å². The lowest BCUT2D eigenvalue weighted by Crippen LogP contribution is -2.44. The highest BCUT2D eigenvalue weighted by Gasteiger charge is 2.28. The summed E-state index contributed by atoms with van der Waals surface area (Å²) in [5, 5.41) is 13.4. The minimum atomic E-state index is -0.947. The number of hydrogen-bond donors (Lipinski definition) is 1. The van der Waals surface area contributed by atoms with Crippen molar-refractivity contribution in [2.75, 3.05) is 31.1 Å². The Hall–Kier alpha value is -2.83. The summed E-state index contributed by atoms with van der Waals surface area (Å²) in [6.07, 6.45) is 4.00. The molecule has 7 nitrogen and oxygen atoms in total. The second-order valence-electron chi connectivity index (χ2n) is 7.31. The molecule has 1 aromatic carbocycles. The highest BCUT2D eigenvalue weighted by molar-refractivity contribution is 5.88. The summed E-state index contributed by atoms with van der Waals surface area (Å²) >= 11 is 0. The first-order valence-corrected chi connectivity index (χ1v) is 9.42. The number of para-hydroxylation sites is 1. The smallest absolute Gasteiger partial charge is 0.339 e. The zero-order chi connectivity index (χ0) is 19.0. The molecule has 2 aromatic rings. The van der Waals surface area contributed by atoms with E-state index in [-0.39, 0.29) is 17.5 Å². The minimum Gasteiger partial charge on any atom is -0.478 e. The topological polar surface area (TPSA) is 78.7 Å². The van der Waals surface area contributed by atoms with Gasteiger partial charge in [-0.1, -0.05) is 18.2 Å². The van der Waals surface area contributed by atoms with E-state index in [0.29, 0.717) is 25.3 Å². The van der Waals surface area contributed by atoms with Crippen molar-refractivity contribution >= 4 is 17.6 Å². The molecule has 1 saturated heterocycles. The number of nitrogens with zero attached hydrogens (tertiary/aromatic N) is 4. The van der Waals surface area contributed by atoms with Crippen LogP contribution >= 0.6 is 0 Å². The molecule has 2 aliphatic heterocycles. The van der Waals surface area contributed by atoms with Gasteiger partial charge in [0.15, 0.2) is 0 Å². The number of anilines is 1. The average molecular weight is 368 g/mol. The molecule has 0 atom stereocenters. The lowest BCUT2D eigenvalue weighted by molar-refractivity contribution is -0.131. The Morgan fingerprint density at radius 2 is 1.93 bits per heavy atom. The molecule has 1 fully saturated rings. The SMILES string of the molecule is Cc1c(C(=O)O)cnn1C1CCN(C(=O)CN2CCc3ccccc32)CC1. The van der Waals surface area contributed by atoms with Crippen molar-refractivity contribution in [1.82, 2.24) is 14.7 Å². The van der Waals surface area contributed by atoms with E-state index in [9.17, 15) is 14.7 Å². The van der Waals surface area contributed by atoms with Crippen LogP contribution in [-0.2, 0) is 11.2 Å². The quantitative estimate of drug-likeness (QED) is 0.894. The summed E-state index contributed by atoms with van der Waals surface area (Å²) in [6, 6.07) is 8.42. The fraction of sp³-hybridized carbons (Fsp3) is 0.450. The largest absolute Gasteiger partial charge is 0.478 e. The van der Waals surface area contributed by atoms with Crippen LogP contribution in [0.4, 0.5) is 5.69 Å². The van der Waals surface area contributed by atoms with Gasteiger partial charge in [-0.25, -0.2) is 4.79 Å². The van der Waals surface area contributed by atoms with Gasteiger partial charge in [-0.05, 0) is 37.8 Å². The van der Waals surface area contributed by atoms with Gasteiger partial charge in [-0.15, -0.1) is 0 Å². The van der Waals surface area contributed by atoms with Gasteiger partial charge >= 0.3 is 5.97 Å². The molecule has 0 unspecified atom stereocenters. The number of aromatic carboxylic acids is 1. The number of aromatic nitrogens is 2. The zero-order valence-corrected chi connectivity index (χ0v) is 15.5. The molecule has 1 amide bonds. The van der Waals surface area contributed by atoms with Crippen LogP contribution in [0, 0.1) is 6.92 Å². The number of hydrogen-bond acceptors (Lipinski definition) is 4. The molecular formula is C20H24N4O3. The molecule has 7 heteroatoms. The van der Waals surface area contributed by atoms with E-state index in [1.165, 1.54) is 17.4 Å². The number of carbonyl (C=O) groups excluding carboxylic acids is 1. The average Bonchev–Trinajstić information content (AvgIpc) is 3.26. The van der Waals surface area contributed by atoms with Crippen molar-refractivity contribution in [3.05, 3.63) is 47.3 Å². The lowest BCUT2D eigenvalue weighted by Gasteiger charge is -2.34. The van der Waals surface area contributed by atoms with Crippen molar-refractivity contribution in [3.63, 3.8) is 0 Å². The number of rotatable bonds is 4. The molecule has 0 saturated carbocycles. The lowest BCUT2D eigenvalue weighted by atomic mass is 10.0. The van der Waals surface area contributed by atoms with Gasteiger partial charge in [-0.3, -0.25) is 9.48 Å². The summed E-state index contributed by atoms with van der Waals surface area (Å²) in [7, 11) is 0. The first-order valence-electron chi connectivity index (χ1n) is 9.42. The normalized spacial score (nSPS) is 17.2. The van der Waals surface area contributed by atoms with Crippen LogP contribution in [-0.4, -0.2) is 57.8 Å². The van der Waals surface area contributed by atoms with Crippen LogP contribution in [0.25, 0.3) is 0 Å². The molecule has 1 N–H and O–H groups in total. The molecule has 0 spiro atoms. The fourth-order valence-corrected chi connectivity index (χ4v) is 4.20. The summed E-state index contributed by atoms with van der Waals surface area (Å²) in [4.78, 5) is 28.0. The van der Waals surface area contributed by atoms with Crippen LogP contribution in [0.5, 0.6) is 0 Å². The summed E-state index contributed by atoms with van der Waals surface area (Å²) in [5.74, 6) is -0.786. The summed E-state index contributed by atoms with van der Waals surface area (Å²) < 4.78 is 1.81. The number of carbonyl (C=O) groups is 2. The number of amides is 1. The van der Waals surface area contributed by atoms with Gasteiger partial charge in [-0.2, -0.15) is 5.10 Å². The maximum atomic E-state index is 12.8. The Bertz CT molecular complexity index is 868. The molecule has 0 bridgehead atoms. The highest BCUT2D eigenvalue weighted by atomic mass is 16.4. The number of carboxylic acids is 1. The van der Waals surface area contributed by atoms with Crippen molar-refractivity contribution in [2.24, 2.45) is 0 Å². The van der Waals surface area contributed by atoms with Crippen molar-refractivity contribution in [3.8, 4) is 0 Å². The van der Waals surface area contributed by atoms with Crippen molar-refractivity contribution in [2.45, 2.75) is 32.2 Å². The molecule has 1 aromatic heterocycles. The van der Waals surface area contributed by atoms with Gasteiger partial charge in [0.2, 0.25) is 5.91 Å². The van der Waals surface area contributed by atoms with Gasteiger partial charge in [0.25, 0.3) is 0 Å². The second kappa shape index (κ2) is 7.06. The van der Waals surface area contributed by atoms with Gasteiger partial charge in [0, 0.05) is 25.3 Å². The molecule has 142 valence electrons. The number of carboxylic acid groups (broad SMARTS) is 1. The molecule has 4 rings (SSSR count). The third-order valence-electron chi connectivity index (χ3n) is 5.75. The maximum Gasteiger partial charge on any atom is 0.339 e. The zero-order valence-electron chi connectivity index (χ0n) is 15.5. The van der Waals surface area contributed by atoms with Gasteiger partial charge < -0.3 is 14.9 Å². The van der Waals surface area contributed by atoms with E-state index >= 15 is 0 Å². The first-order chi connectivity index (χ1) is 13.0. The van der Waals surface area contributed by atoms with E-state index in [0.717, 1.165) is 25.8 Å². The molecule has 3 heterocycles. The Morgan fingerprint density at radius 3 is 2.63 bits per heavy atom.